The molecule has 2 heterocycles. The molecule has 0 N–H and O–H groups in total. The summed E-state index contributed by atoms with van der Waals surface area (Å²) in [5, 5.41) is 4.32. The average Bonchev–Trinajstić information content (AvgIpc) is 2.60. The molecule has 0 bridgehead atoms. The van der Waals surface area contributed by atoms with Crippen LogP contribution < -0.4 is 0 Å². The van der Waals surface area contributed by atoms with Gasteiger partial charge in [0.05, 0.1) is 29.0 Å². The first-order chi connectivity index (χ1) is 7.63. The fourth-order valence-corrected chi connectivity index (χ4v) is 1.94. The van der Waals surface area contributed by atoms with Crippen molar-refractivity contribution in [3.05, 3.63) is 27.6 Å². The molecule has 5 nitrogen and oxygen atoms in total. The number of aromatic nitrogens is 3. The summed E-state index contributed by atoms with van der Waals surface area (Å²) < 4.78 is 6.89. The van der Waals surface area contributed by atoms with Crippen LogP contribution in [-0.4, -0.2) is 27.2 Å². The fraction of sp³-hybridized carbons (Fsp3) is 0.222. The number of carbonyl (C=O) groups excluding carboxylic acids is 1. The van der Waals surface area contributed by atoms with E-state index in [1.165, 1.54) is 10.7 Å². The van der Waals surface area contributed by atoms with E-state index in [9.17, 15) is 4.79 Å². The van der Waals surface area contributed by atoms with Crippen molar-refractivity contribution < 1.29 is 9.53 Å². The predicted octanol–water partition coefficient (Wildman–Crippen LogP) is 2.32. The maximum absolute atomic E-state index is 11.6. The molecule has 0 fully saturated rings. The number of fused-ring (bicyclic) bond motifs is 1. The molecule has 0 saturated heterocycles. The SMILES string of the molecule is CCOC(=O)c1cnn2cc(Cl)nc2c1Br. The van der Waals surface area contributed by atoms with E-state index < -0.39 is 5.97 Å². The van der Waals surface area contributed by atoms with Gasteiger partial charge < -0.3 is 4.74 Å². The number of rotatable bonds is 2. The Labute approximate surface area is 104 Å². The first-order valence-corrected chi connectivity index (χ1v) is 5.67. The largest absolute Gasteiger partial charge is 0.462 e. The van der Waals surface area contributed by atoms with Crippen LogP contribution in [0.2, 0.25) is 5.15 Å². The van der Waals surface area contributed by atoms with Gasteiger partial charge in [-0.1, -0.05) is 11.6 Å². The van der Waals surface area contributed by atoms with Gasteiger partial charge in [0, 0.05) is 0 Å². The Morgan fingerprint density at radius 1 is 1.69 bits per heavy atom. The Bertz CT molecular complexity index is 555. The molecular formula is C9H7BrClN3O2. The van der Waals surface area contributed by atoms with E-state index >= 15 is 0 Å². The molecule has 0 atom stereocenters. The van der Waals surface area contributed by atoms with E-state index in [1.54, 1.807) is 13.1 Å². The third-order valence-electron chi connectivity index (χ3n) is 1.90. The standard InChI is InChI=1S/C9H7BrClN3O2/c1-2-16-9(15)5-3-12-14-4-6(11)13-8(14)7(5)10/h3-4H,2H2,1H3. The summed E-state index contributed by atoms with van der Waals surface area (Å²) in [4.78, 5) is 15.6. The van der Waals surface area contributed by atoms with E-state index in [1.807, 2.05) is 0 Å². The molecule has 0 radical (unpaired) electrons. The summed E-state index contributed by atoms with van der Waals surface area (Å²) in [6, 6.07) is 0. The number of imidazole rings is 1. The Morgan fingerprint density at radius 2 is 2.44 bits per heavy atom. The van der Waals surface area contributed by atoms with Gasteiger partial charge in [-0.15, -0.1) is 0 Å². The lowest BCUT2D eigenvalue weighted by Crippen LogP contribution is -2.08. The molecule has 0 aliphatic rings. The van der Waals surface area contributed by atoms with Gasteiger partial charge >= 0.3 is 5.97 Å². The quantitative estimate of drug-likeness (QED) is 0.799. The second-order valence-corrected chi connectivity index (χ2v) is 4.10. The van der Waals surface area contributed by atoms with Crippen molar-refractivity contribution in [3.8, 4) is 0 Å². The van der Waals surface area contributed by atoms with Crippen LogP contribution in [0, 0.1) is 0 Å². The summed E-state index contributed by atoms with van der Waals surface area (Å²) in [7, 11) is 0. The van der Waals surface area contributed by atoms with Gasteiger partial charge in [0.15, 0.2) is 5.65 Å². The van der Waals surface area contributed by atoms with Gasteiger partial charge in [-0.3, -0.25) is 0 Å². The summed E-state index contributed by atoms with van der Waals surface area (Å²) in [6.07, 6.45) is 2.96. The minimum Gasteiger partial charge on any atom is -0.462 e. The molecule has 84 valence electrons. The lowest BCUT2D eigenvalue weighted by Gasteiger charge is -2.04. The molecule has 0 unspecified atom stereocenters. The molecule has 2 aromatic heterocycles. The van der Waals surface area contributed by atoms with E-state index in [2.05, 4.69) is 26.0 Å². The highest BCUT2D eigenvalue weighted by Gasteiger charge is 2.16. The van der Waals surface area contributed by atoms with E-state index in [0.29, 0.717) is 27.4 Å². The van der Waals surface area contributed by atoms with Crippen LogP contribution in [0.15, 0.2) is 16.9 Å². The third kappa shape index (κ3) is 1.90. The molecule has 0 spiro atoms. The van der Waals surface area contributed by atoms with Crippen molar-refractivity contribution in [2.75, 3.05) is 6.61 Å². The highest BCUT2D eigenvalue weighted by Crippen LogP contribution is 2.23. The van der Waals surface area contributed by atoms with Crippen molar-refractivity contribution in [1.82, 2.24) is 14.6 Å². The van der Waals surface area contributed by atoms with Crippen molar-refractivity contribution in [1.29, 1.82) is 0 Å². The molecule has 2 aromatic rings. The van der Waals surface area contributed by atoms with Gasteiger partial charge in [0.1, 0.15) is 5.15 Å². The molecular weight excluding hydrogens is 297 g/mol. The molecule has 16 heavy (non-hydrogen) atoms. The maximum atomic E-state index is 11.6. The summed E-state index contributed by atoms with van der Waals surface area (Å²) in [5.74, 6) is -0.441. The zero-order chi connectivity index (χ0) is 11.7. The number of carbonyl (C=O) groups is 1. The zero-order valence-electron chi connectivity index (χ0n) is 8.28. The first kappa shape index (κ1) is 11.3. The highest BCUT2D eigenvalue weighted by molar-refractivity contribution is 9.10. The van der Waals surface area contributed by atoms with Crippen LogP contribution in [0.1, 0.15) is 17.3 Å². The van der Waals surface area contributed by atoms with Crippen LogP contribution in [0.3, 0.4) is 0 Å². The average molecular weight is 305 g/mol. The van der Waals surface area contributed by atoms with Crippen LogP contribution in [0.25, 0.3) is 5.65 Å². The summed E-state index contributed by atoms with van der Waals surface area (Å²) in [5.41, 5.74) is 0.812. The molecule has 0 aliphatic carbocycles. The molecule has 0 amide bonds. The van der Waals surface area contributed by atoms with Crippen molar-refractivity contribution in [2.24, 2.45) is 0 Å². The first-order valence-electron chi connectivity index (χ1n) is 4.50. The van der Waals surface area contributed by atoms with Gasteiger partial charge in [0.25, 0.3) is 0 Å². The zero-order valence-corrected chi connectivity index (χ0v) is 10.6. The second-order valence-electron chi connectivity index (χ2n) is 2.92. The smallest absolute Gasteiger partial charge is 0.341 e. The second kappa shape index (κ2) is 4.39. The number of nitrogens with zero attached hydrogens (tertiary/aromatic N) is 3. The van der Waals surface area contributed by atoms with Crippen LogP contribution in [0.5, 0.6) is 0 Å². The van der Waals surface area contributed by atoms with Gasteiger partial charge in [0.2, 0.25) is 0 Å². The fourth-order valence-electron chi connectivity index (χ4n) is 1.23. The molecule has 2 rings (SSSR count). The Morgan fingerprint density at radius 3 is 3.12 bits per heavy atom. The molecule has 0 aromatic carbocycles. The number of halogens is 2. The number of ether oxygens (including phenoxy) is 1. The van der Waals surface area contributed by atoms with Crippen LogP contribution in [0.4, 0.5) is 0 Å². The predicted molar refractivity (Wildman–Crippen MR) is 61.7 cm³/mol. The minimum atomic E-state index is -0.441. The Kier molecular flexibility index (Phi) is 3.11. The highest BCUT2D eigenvalue weighted by atomic mass is 79.9. The van der Waals surface area contributed by atoms with Gasteiger partial charge in [-0.2, -0.15) is 5.10 Å². The number of hydrogen-bond acceptors (Lipinski definition) is 4. The maximum Gasteiger partial charge on any atom is 0.341 e. The van der Waals surface area contributed by atoms with Gasteiger partial charge in [-0.25, -0.2) is 14.3 Å². The van der Waals surface area contributed by atoms with Crippen molar-refractivity contribution >= 4 is 39.1 Å². The van der Waals surface area contributed by atoms with E-state index in [-0.39, 0.29) is 0 Å². The molecule has 7 heteroatoms. The lowest BCUT2D eigenvalue weighted by molar-refractivity contribution is 0.0524. The Hall–Kier alpha value is -1.14. The number of esters is 1. The molecule has 0 saturated carbocycles. The van der Waals surface area contributed by atoms with Crippen molar-refractivity contribution in [2.45, 2.75) is 6.92 Å². The summed E-state index contributed by atoms with van der Waals surface area (Å²) >= 11 is 9.02. The minimum absolute atomic E-state index is 0.311. The lowest BCUT2D eigenvalue weighted by atomic mass is 10.3. The third-order valence-corrected chi connectivity index (χ3v) is 2.86. The topological polar surface area (TPSA) is 56.5 Å². The Balaban J connectivity index is 2.55. The van der Waals surface area contributed by atoms with Crippen LogP contribution >= 0.6 is 27.5 Å². The van der Waals surface area contributed by atoms with Gasteiger partial charge in [-0.05, 0) is 22.9 Å². The van der Waals surface area contributed by atoms with Crippen molar-refractivity contribution in [3.63, 3.8) is 0 Å². The number of hydrogen-bond donors (Lipinski definition) is 0. The van der Waals surface area contributed by atoms with E-state index in [0.717, 1.165) is 0 Å². The summed E-state index contributed by atoms with van der Waals surface area (Å²) in [6.45, 7) is 2.05. The van der Waals surface area contributed by atoms with E-state index in [4.69, 9.17) is 16.3 Å². The monoisotopic (exact) mass is 303 g/mol. The normalized spacial score (nSPS) is 10.7. The van der Waals surface area contributed by atoms with Crippen LogP contribution in [-0.2, 0) is 4.74 Å². The molecule has 0 aliphatic heterocycles.